The molecule has 2 aromatic carbocycles. The molecule has 6 heteroatoms. The van der Waals surface area contributed by atoms with Gasteiger partial charge in [0.2, 0.25) is 0 Å². The third kappa shape index (κ3) is 4.18. The van der Waals surface area contributed by atoms with Crippen molar-refractivity contribution in [1.82, 2.24) is 4.90 Å². The summed E-state index contributed by atoms with van der Waals surface area (Å²) in [7, 11) is 1.97. The van der Waals surface area contributed by atoms with Crippen molar-refractivity contribution in [2.75, 3.05) is 12.8 Å². The second-order valence-corrected chi connectivity index (χ2v) is 5.39. The normalized spacial score (nSPS) is 10.8. The maximum absolute atomic E-state index is 10.7. The molecule has 0 spiro atoms. The minimum Gasteiger partial charge on any atom is -0.393 e. The van der Waals surface area contributed by atoms with E-state index in [0.29, 0.717) is 11.6 Å². The summed E-state index contributed by atoms with van der Waals surface area (Å²) in [6.07, 6.45) is 0. The van der Waals surface area contributed by atoms with Gasteiger partial charge in [0.25, 0.3) is 5.69 Å². The van der Waals surface area contributed by atoms with Gasteiger partial charge in [0.05, 0.1) is 4.92 Å². The number of hydrogen-bond acceptors (Lipinski definition) is 4. The first kappa shape index (κ1) is 15.3. The summed E-state index contributed by atoms with van der Waals surface area (Å²) in [6, 6.07) is 12.5. The summed E-state index contributed by atoms with van der Waals surface area (Å²) in [5.41, 5.74) is 7.87. The molecule has 2 N–H and O–H groups in total. The topological polar surface area (TPSA) is 72.4 Å². The highest BCUT2D eigenvalue weighted by Gasteiger charge is 2.12. The van der Waals surface area contributed by atoms with Gasteiger partial charge in [0, 0.05) is 24.2 Å². The largest absolute Gasteiger partial charge is 0.393 e. The van der Waals surface area contributed by atoms with Crippen molar-refractivity contribution >= 4 is 23.0 Å². The van der Waals surface area contributed by atoms with Crippen LogP contribution in [0.3, 0.4) is 0 Å². The molecule has 0 amide bonds. The van der Waals surface area contributed by atoms with Crippen molar-refractivity contribution in [2.24, 2.45) is 0 Å². The smallest absolute Gasteiger partial charge is 0.292 e. The number of nitrogens with two attached hydrogens (primary N) is 1. The number of rotatable bonds is 5. The van der Waals surface area contributed by atoms with Crippen molar-refractivity contribution in [3.05, 3.63) is 68.7 Å². The zero-order valence-corrected chi connectivity index (χ0v) is 12.4. The standard InChI is InChI=1S/C15H16ClN3O2/c1-18(9-11-3-2-4-13(16)7-11)10-12-5-6-15(19(20)21)14(17)8-12/h2-8H,9-10,17H2,1H3. The predicted octanol–water partition coefficient (Wildman–Crippen LogP) is 3.46. The molecule has 0 saturated heterocycles. The Morgan fingerprint density at radius 1 is 1.19 bits per heavy atom. The van der Waals surface area contributed by atoms with Gasteiger partial charge in [0.1, 0.15) is 5.69 Å². The van der Waals surface area contributed by atoms with E-state index in [-0.39, 0.29) is 11.4 Å². The molecule has 0 unspecified atom stereocenters. The molecule has 21 heavy (non-hydrogen) atoms. The molecule has 0 saturated carbocycles. The molecule has 0 bridgehead atoms. The molecule has 0 radical (unpaired) electrons. The molecule has 0 aliphatic carbocycles. The average Bonchev–Trinajstić information content (AvgIpc) is 2.38. The molecule has 5 nitrogen and oxygen atoms in total. The highest BCUT2D eigenvalue weighted by molar-refractivity contribution is 6.30. The Morgan fingerprint density at radius 3 is 2.43 bits per heavy atom. The monoisotopic (exact) mass is 305 g/mol. The van der Waals surface area contributed by atoms with Crippen LogP contribution in [0.15, 0.2) is 42.5 Å². The second kappa shape index (κ2) is 6.56. The van der Waals surface area contributed by atoms with Crippen LogP contribution in [0.4, 0.5) is 11.4 Å². The van der Waals surface area contributed by atoms with Gasteiger partial charge in [-0.05, 0) is 36.4 Å². The van der Waals surface area contributed by atoms with E-state index in [4.69, 9.17) is 17.3 Å². The molecule has 0 atom stereocenters. The van der Waals surface area contributed by atoms with Gasteiger partial charge < -0.3 is 5.73 Å². The lowest BCUT2D eigenvalue weighted by molar-refractivity contribution is -0.383. The highest BCUT2D eigenvalue weighted by atomic mass is 35.5. The number of halogens is 1. The maximum Gasteiger partial charge on any atom is 0.292 e. The van der Waals surface area contributed by atoms with Crippen LogP contribution in [0.1, 0.15) is 11.1 Å². The van der Waals surface area contributed by atoms with E-state index in [1.54, 1.807) is 12.1 Å². The Labute approximate surface area is 128 Å². The maximum atomic E-state index is 10.7. The predicted molar refractivity (Wildman–Crippen MR) is 84.1 cm³/mol. The number of nitro benzene ring substituents is 1. The van der Waals surface area contributed by atoms with Crippen molar-refractivity contribution in [1.29, 1.82) is 0 Å². The molecule has 110 valence electrons. The van der Waals surface area contributed by atoms with Gasteiger partial charge in [-0.1, -0.05) is 29.8 Å². The van der Waals surface area contributed by atoms with E-state index < -0.39 is 4.92 Å². The molecular formula is C15H16ClN3O2. The van der Waals surface area contributed by atoms with E-state index in [1.807, 2.05) is 31.3 Å². The summed E-state index contributed by atoms with van der Waals surface area (Å²) in [4.78, 5) is 12.3. The lowest BCUT2D eigenvalue weighted by Crippen LogP contribution is -2.17. The Morgan fingerprint density at radius 2 is 1.86 bits per heavy atom. The van der Waals surface area contributed by atoms with Gasteiger partial charge in [-0.25, -0.2) is 0 Å². The highest BCUT2D eigenvalue weighted by Crippen LogP contribution is 2.23. The second-order valence-electron chi connectivity index (χ2n) is 4.95. The number of nitrogens with zero attached hydrogens (tertiary/aromatic N) is 2. The van der Waals surface area contributed by atoms with Crippen LogP contribution in [0.25, 0.3) is 0 Å². The van der Waals surface area contributed by atoms with E-state index in [1.165, 1.54) is 6.07 Å². The summed E-state index contributed by atoms with van der Waals surface area (Å²) in [5, 5.41) is 11.4. The molecule has 0 aliphatic heterocycles. The van der Waals surface area contributed by atoms with Gasteiger partial charge in [-0.15, -0.1) is 0 Å². The quantitative estimate of drug-likeness (QED) is 0.521. The Kier molecular flexibility index (Phi) is 4.77. The molecule has 0 heterocycles. The molecule has 2 rings (SSSR count). The number of nitrogen functional groups attached to an aromatic ring is 1. The van der Waals surface area contributed by atoms with Crippen LogP contribution >= 0.6 is 11.6 Å². The van der Waals surface area contributed by atoms with Gasteiger partial charge in [-0.3, -0.25) is 15.0 Å². The summed E-state index contributed by atoms with van der Waals surface area (Å²) in [6.45, 7) is 1.38. The van der Waals surface area contributed by atoms with Crippen LogP contribution in [0.2, 0.25) is 5.02 Å². The Hall–Kier alpha value is -2.11. The van der Waals surface area contributed by atoms with E-state index in [9.17, 15) is 10.1 Å². The Balaban J connectivity index is 2.04. The lowest BCUT2D eigenvalue weighted by Gasteiger charge is -2.17. The van der Waals surface area contributed by atoms with E-state index in [2.05, 4.69) is 4.90 Å². The first-order chi connectivity index (χ1) is 9.95. The van der Waals surface area contributed by atoms with E-state index in [0.717, 1.165) is 17.7 Å². The minimum absolute atomic E-state index is 0.0590. The number of anilines is 1. The number of benzene rings is 2. The third-order valence-corrected chi connectivity index (χ3v) is 3.32. The molecule has 0 fully saturated rings. The van der Waals surface area contributed by atoms with Crippen molar-refractivity contribution in [2.45, 2.75) is 13.1 Å². The molecule has 0 aromatic heterocycles. The first-order valence-corrected chi connectivity index (χ1v) is 6.79. The summed E-state index contributed by atoms with van der Waals surface area (Å²) < 4.78 is 0. The van der Waals surface area contributed by atoms with Crippen molar-refractivity contribution < 1.29 is 4.92 Å². The summed E-state index contributed by atoms with van der Waals surface area (Å²) in [5.74, 6) is 0. The average molecular weight is 306 g/mol. The molecule has 2 aromatic rings. The number of nitro groups is 1. The zero-order chi connectivity index (χ0) is 15.4. The first-order valence-electron chi connectivity index (χ1n) is 6.41. The van der Waals surface area contributed by atoms with Crippen molar-refractivity contribution in [3.8, 4) is 0 Å². The fraction of sp³-hybridized carbons (Fsp3) is 0.200. The lowest BCUT2D eigenvalue weighted by atomic mass is 10.1. The fourth-order valence-electron chi connectivity index (χ4n) is 2.18. The van der Waals surface area contributed by atoms with E-state index >= 15 is 0 Å². The van der Waals surface area contributed by atoms with Gasteiger partial charge in [0.15, 0.2) is 0 Å². The zero-order valence-electron chi connectivity index (χ0n) is 11.6. The summed E-state index contributed by atoms with van der Waals surface area (Å²) >= 11 is 5.96. The minimum atomic E-state index is -0.477. The van der Waals surface area contributed by atoms with Crippen LogP contribution in [-0.2, 0) is 13.1 Å². The third-order valence-electron chi connectivity index (χ3n) is 3.08. The molecule has 0 aliphatic rings. The fourth-order valence-corrected chi connectivity index (χ4v) is 2.40. The number of hydrogen-bond donors (Lipinski definition) is 1. The van der Waals surface area contributed by atoms with Crippen LogP contribution in [-0.4, -0.2) is 16.9 Å². The van der Waals surface area contributed by atoms with Gasteiger partial charge >= 0.3 is 0 Å². The SMILES string of the molecule is CN(Cc1cccc(Cl)c1)Cc1ccc([N+](=O)[O-])c(N)c1. The molecular weight excluding hydrogens is 290 g/mol. The van der Waals surface area contributed by atoms with Crippen LogP contribution in [0.5, 0.6) is 0 Å². The van der Waals surface area contributed by atoms with Crippen molar-refractivity contribution in [3.63, 3.8) is 0 Å². The van der Waals surface area contributed by atoms with Crippen LogP contribution < -0.4 is 5.73 Å². The van der Waals surface area contributed by atoms with Gasteiger partial charge in [-0.2, -0.15) is 0 Å². The van der Waals surface area contributed by atoms with Crippen LogP contribution in [0, 0.1) is 10.1 Å². The Bertz CT molecular complexity index is 661.